The quantitative estimate of drug-likeness (QED) is 0.202. The predicted octanol–water partition coefficient (Wildman–Crippen LogP) is 2.35. The van der Waals surface area contributed by atoms with E-state index in [1.54, 1.807) is 20.9 Å². The minimum atomic E-state index is -4.31. The maximum absolute atomic E-state index is 12.6. The Kier molecular flexibility index (Phi) is 9.54. The van der Waals surface area contributed by atoms with Gasteiger partial charge in [0.25, 0.3) is 11.6 Å². The summed E-state index contributed by atoms with van der Waals surface area (Å²) in [5.41, 5.74) is 0.497. The number of sulfone groups is 1. The number of aromatic nitrogens is 1. The summed E-state index contributed by atoms with van der Waals surface area (Å²) < 4.78 is 37.1. The van der Waals surface area contributed by atoms with Crippen LogP contribution in [0.4, 0.5) is 10.7 Å². The van der Waals surface area contributed by atoms with Crippen LogP contribution in [0.2, 0.25) is 0 Å². The largest absolute Gasteiger partial charge is 0.462 e. The van der Waals surface area contributed by atoms with Gasteiger partial charge in [0.05, 0.1) is 33.9 Å². The number of amides is 2. The van der Waals surface area contributed by atoms with Crippen molar-refractivity contribution in [1.82, 2.24) is 4.57 Å². The fraction of sp³-hybridized carbons (Fsp3) is 0.348. The number of hydrogen-bond acceptors (Lipinski definition) is 12. The highest BCUT2D eigenvalue weighted by Crippen LogP contribution is 2.34. The number of fused-ring (bicyclic) bond motifs is 1. The van der Waals surface area contributed by atoms with Crippen LogP contribution in [-0.2, 0) is 35.9 Å². The third-order valence-electron chi connectivity index (χ3n) is 5.26. The van der Waals surface area contributed by atoms with Crippen LogP contribution in [0.3, 0.4) is 0 Å². The fourth-order valence-corrected chi connectivity index (χ4v) is 6.71. The smallest absolute Gasteiger partial charge is 0.348 e. The maximum Gasteiger partial charge on any atom is 0.348 e. The number of carbonyl (C=O) groups is 4. The van der Waals surface area contributed by atoms with Crippen molar-refractivity contribution in [2.24, 2.45) is 12.0 Å². The number of nitrogens with one attached hydrogen (secondary N) is 1. The summed E-state index contributed by atoms with van der Waals surface area (Å²) in [5, 5.41) is 13.2. The summed E-state index contributed by atoms with van der Waals surface area (Å²) in [7, 11) is -2.74. The second-order valence-corrected chi connectivity index (χ2v) is 12.2. The highest BCUT2D eigenvalue weighted by atomic mass is 32.2. The Morgan fingerprint density at radius 1 is 1.07 bits per heavy atom. The van der Waals surface area contributed by atoms with Crippen LogP contribution in [0.1, 0.15) is 39.4 Å². The SMILES string of the molecule is CCOC(=O)c1sc(NC(=O)CS(=O)(=O)CC(=O)N=c2sc3cc([N+](=O)[O-])ccc3n2C)c(C(=O)OCC)c1C. The van der Waals surface area contributed by atoms with Gasteiger partial charge in [0.2, 0.25) is 5.91 Å². The molecule has 214 valence electrons. The minimum Gasteiger partial charge on any atom is -0.462 e. The number of esters is 2. The molecule has 2 amide bonds. The molecule has 2 aromatic heterocycles. The Labute approximate surface area is 235 Å². The number of aryl methyl sites for hydroxylation is 1. The Morgan fingerprint density at radius 3 is 2.35 bits per heavy atom. The number of nitrogens with zero attached hydrogens (tertiary/aromatic N) is 3. The van der Waals surface area contributed by atoms with Crippen molar-refractivity contribution in [2.45, 2.75) is 20.8 Å². The molecule has 17 heteroatoms. The number of carbonyl (C=O) groups excluding carboxylic acids is 4. The highest BCUT2D eigenvalue weighted by molar-refractivity contribution is 7.92. The molecule has 0 saturated carbocycles. The van der Waals surface area contributed by atoms with Crippen LogP contribution in [0.5, 0.6) is 0 Å². The number of nitro groups is 1. The first-order chi connectivity index (χ1) is 18.8. The molecule has 0 aliphatic carbocycles. The van der Waals surface area contributed by atoms with E-state index in [0.29, 0.717) is 10.2 Å². The lowest BCUT2D eigenvalue weighted by atomic mass is 10.1. The Balaban J connectivity index is 1.79. The third kappa shape index (κ3) is 6.97. The van der Waals surface area contributed by atoms with Gasteiger partial charge in [-0.05, 0) is 32.4 Å². The molecule has 0 radical (unpaired) electrons. The van der Waals surface area contributed by atoms with E-state index in [-0.39, 0.29) is 44.7 Å². The zero-order chi connectivity index (χ0) is 29.8. The van der Waals surface area contributed by atoms with Crippen LogP contribution >= 0.6 is 22.7 Å². The normalized spacial score (nSPS) is 11.8. The van der Waals surface area contributed by atoms with E-state index in [1.165, 1.54) is 29.7 Å². The lowest BCUT2D eigenvalue weighted by Gasteiger charge is -2.07. The Morgan fingerprint density at radius 2 is 1.73 bits per heavy atom. The molecule has 0 spiro atoms. The number of nitro benzene ring substituents is 1. The van der Waals surface area contributed by atoms with Crippen molar-refractivity contribution in [1.29, 1.82) is 0 Å². The molecule has 40 heavy (non-hydrogen) atoms. The molecule has 3 aromatic rings. The van der Waals surface area contributed by atoms with Gasteiger partial charge in [-0.25, -0.2) is 18.0 Å². The minimum absolute atomic E-state index is 0.0185. The van der Waals surface area contributed by atoms with Gasteiger partial charge in [0.1, 0.15) is 21.4 Å². The molecule has 2 heterocycles. The van der Waals surface area contributed by atoms with E-state index in [4.69, 9.17) is 9.47 Å². The number of non-ortho nitro benzene ring substituents is 1. The predicted molar refractivity (Wildman–Crippen MR) is 146 cm³/mol. The topological polar surface area (TPSA) is 193 Å². The molecular formula is C23H24N4O10S3. The van der Waals surface area contributed by atoms with Gasteiger partial charge in [-0.1, -0.05) is 11.3 Å². The first kappa shape index (κ1) is 30.6. The summed E-state index contributed by atoms with van der Waals surface area (Å²) in [4.78, 5) is 64.3. The van der Waals surface area contributed by atoms with Crippen molar-refractivity contribution < 1.29 is 42.0 Å². The number of rotatable bonds is 10. The summed E-state index contributed by atoms with van der Waals surface area (Å²) in [5.74, 6) is -5.83. The highest BCUT2D eigenvalue weighted by Gasteiger charge is 2.29. The number of thiazole rings is 1. The van der Waals surface area contributed by atoms with E-state index in [2.05, 4.69) is 10.3 Å². The molecule has 3 rings (SSSR count). The Bertz CT molecular complexity index is 1700. The molecule has 0 saturated heterocycles. The summed E-state index contributed by atoms with van der Waals surface area (Å²) in [6.07, 6.45) is 0. The summed E-state index contributed by atoms with van der Waals surface area (Å²) in [6, 6.07) is 4.09. The van der Waals surface area contributed by atoms with E-state index in [9.17, 15) is 37.7 Å². The van der Waals surface area contributed by atoms with E-state index in [0.717, 1.165) is 22.7 Å². The number of thiophene rings is 1. The van der Waals surface area contributed by atoms with Gasteiger partial charge >= 0.3 is 11.9 Å². The molecule has 0 aliphatic heterocycles. The third-order valence-corrected chi connectivity index (χ3v) is 8.93. The molecule has 0 atom stereocenters. The zero-order valence-corrected chi connectivity index (χ0v) is 24.2. The average Bonchev–Trinajstić information content (AvgIpc) is 3.33. The number of hydrogen-bond donors (Lipinski definition) is 1. The molecule has 1 aromatic carbocycles. The van der Waals surface area contributed by atoms with Gasteiger partial charge in [-0.15, -0.1) is 11.3 Å². The second-order valence-electron chi connectivity index (χ2n) is 8.14. The van der Waals surface area contributed by atoms with Crippen LogP contribution in [-0.4, -0.2) is 66.4 Å². The van der Waals surface area contributed by atoms with Crippen LogP contribution < -0.4 is 10.1 Å². The second kappa shape index (κ2) is 12.5. The monoisotopic (exact) mass is 612 g/mol. The van der Waals surface area contributed by atoms with Gasteiger partial charge in [-0.3, -0.25) is 19.7 Å². The molecule has 0 aliphatic rings. The number of benzene rings is 1. The number of ether oxygens (including phenoxy) is 2. The molecule has 14 nitrogen and oxygen atoms in total. The molecule has 0 fully saturated rings. The molecule has 0 unspecified atom stereocenters. The first-order valence-corrected chi connectivity index (χ1v) is 15.0. The zero-order valence-electron chi connectivity index (χ0n) is 21.7. The van der Waals surface area contributed by atoms with E-state index >= 15 is 0 Å². The molecule has 0 bridgehead atoms. The lowest BCUT2D eigenvalue weighted by molar-refractivity contribution is -0.384. The maximum atomic E-state index is 12.6. The Hall–Kier alpha value is -3.96. The standard InChI is InChI=1S/C23H24N4O10S3/c1-5-36-21(30)18-12(3)19(22(31)37-6-2)39-20(18)24-16(28)10-40(34,35)11-17(29)25-23-26(4)14-8-7-13(27(32)33)9-15(14)38-23/h7-9H,5-6,10-11H2,1-4H3,(H,24,28). The van der Waals surface area contributed by atoms with Gasteiger partial charge in [-0.2, -0.15) is 4.99 Å². The first-order valence-electron chi connectivity index (χ1n) is 11.6. The average molecular weight is 613 g/mol. The van der Waals surface area contributed by atoms with E-state index < -0.39 is 50.0 Å². The number of anilines is 1. The van der Waals surface area contributed by atoms with E-state index in [1.807, 2.05) is 0 Å². The van der Waals surface area contributed by atoms with Crippen LogP contribution in [0.25, 0.3) is 10.2 Å². The van der Waals surface area contributed by atoms with Gasteiger partial charge in [0, 0.05) is 19.2 Å². The summed E-state index contributed by atoms with van der Waals surface area (Å²) >= 11 is 1.69. The van der Waals surface area contributed by atoms with Crippen molar-refractivity contribution in [2.75, 3.05) is 30.0 Å². The lowest BCUT2D eigenvalue weighted by Crippen LogP contribution is -2.28. The van der Waals surface area contributed by atoms with Crippen LogP contribution in [0.15, 0.2) is 23.2 Å². The van der Waals surface area contributed by atoms with Gasteiger partial charge in [0.15, 0.2) is 14.6 Å². The van der Waals surface area contributed by atoms with Crippen molar-refractivity contribution in [3.63, 3.8) is 0 Å². The fourth-order valence-electron chi connectivity index (χ4n) is 3.53. The van der Waals surface area contributed by atoms with Crippen molar-refractivity contribution >= 4 is 77.2 Å². The van der Waals surface area contributed by atoms with Crippen molar-refractivity contribution in [3.05, 3.63) is 49.1 Å². The molecular weight excluding hydrogens is 588 g/mol. The van der Waals surface area contributed by atoms with Crippen molar-refractivity contribution in [3.8, 4) is 0 Å². The summed E-state index contributed by atoms with van der Waals surface area (Å²) in [6.45, 7) is 4.73. The van der Waals surface area contributed by atoms with Gasteiger partial charge < -0.3 is 19.4 Å². The molecule has 1 N–H and O–H groups in total. The van der Waals surface area contributed by atoms with Crippen LogP contribution in [0, 0.1) is 17.0 Å².